The Labute approximate surface area is 178 Å². The van der Waals surface area contributed by atoms with Gasteiger partial charge in [-0.1, -0.05) is 12.1 Å². The Kier molecular flexibility index (Phi) is 6.82. The number of rotatable bonds is 6. The maximum absolute atomic E-state index is 13.6. The van der Waals surface area contributed by atoms with Crippen LogP contribution in [-0.2, 0) is 28.7 Å². The molecule has 1 aromatic heterocycles. The van der Waals surface area contributed by atoms with E-state index in [2.05, 4.69) is 10.3 Å². The fourth-order valence-corrected chi connectivity index (χ4v) is 3.70. The maximum atomic E-state index is 13.6. The average Bonchev–Trinajstić information content (AvgIpc) is 3.22. The summed E-state index contributed by atoms with van der Waals surface area (Å²) in [6.07, 6.45) is -2.08. The molecule has 0 bridgehead atoms. The van der Waals surface area contributed by atoms with Crippen molar-refractivity contribution >= 4 is 11.8 Å². The van der Waals surface area contributed by atoms with E-state index in [1.54, 1.807) is 36.3 Å². The van der Waals surface area contributed by atoms with Crippen LogP contribution in [0.4, 0.5) is 13.2 Å². The summed E-state index contributed by atoms with van der Waals surface area (Å²) >= 11 is 0. The molecule has 1 N–H and O–H groups in total. The van der Waals surface area contributed by atoms with Gasteiger partial charge in [-0.3, -0.25) is 14.6 Å². The Bertz CT molecular complexity index is 945. The van der Waals surface area contributed by atoms with Crippen molar-refractivity contribution in [2.45, 2.75) is 44.9 Å². The Balaban J connectivity index is 1.81. The number of nitrogens with zero attached hydrogens (tertiary/aromatic N) is 2. The molecule has 2 aromatic rings. The highest BCUT2D eigenvalue weighted by molar-refractivity contribution is 5.79. The van der Waals surface area contributed by atoms with Gasteiger partial charge >= 0.3 is 6.18 Å². The first kappa shape index (κ1) is 22.6. The lowest BCUT2D eigenvalue weighted by Gasteiger charge is -2.25. The van der Waals surface area contributed by atoms with Crippen molar-refractivity contribution in [2.24, 2.45) is 0 Å². The van der Waals surface area contributed by atoms with Gasteiger partial charge in [-0.05, 0) is 36.6 Å². The summed E-state index contributed by atoms with van der Waals surface area (Å²) in [4.78, 5) is 29.8. The van der Waals surface area contributed by atoms with Gasteiger partial charge in [0, 0.05) is 31.8 Å². The number of carbonyl (C=O) groups excluding carboxylic acids is 2. The highest BCUT2D eigenvalue weighted by atomic mass is 19.4. The Morgan fingerprint density at radius 3 is 2.58 bits per heavy atom. The molecule has 1 aliphatic rings. The largest absolute Gasteiger partial charge is 0.497 e. The van der Waals surface area contributed by atoms with Gasteiger partial charge in [0.2, 0.25) is 11.8 Å². The quantitative estimate of drug-likeness (QED) is 0.752. The first-order valence-electron chi connectivity index (χ1n) is 9.92. The lowest BCUT2D eigenvalue weighted by molar-refractivity contribution is -0.138. The molecule has 2 amide bonds. The zero-order valence-corrected chi connectivity index (χ0v) is 17.3. The van der Waals surface area contributed by atoms with Gasteiger partial charge in [0.1, 0.15) is 5.75 Å². The molecule has 6 nitrogen and oxygen atoms in total. The van der Waals surface area contributed by atoms with Crippen LogP contribution in [0.5, 0.6) is 5.75 Å². The predicted molar refractivity (Wildman–Crippen MR) is 107 cm³/mol. The van der Waals surface area contributed by atoms with Crippen LogP contribution >= 0.6 is 0 Å². The topological polar surface area (TPSA) is 71.5 Å². The number of pyridine rings is 1. The lowest BCUT2D eigenvalue weighted by atomic mass is 10.0. The van der Waals surface area contributed by atoms with E-state index in [0.717, 1.165) is 17.8 Å². The van der Waals surface area contributed by atoms with Gasteiger partial charge in [0.15, 0.2) is 0 Å². The predicted octanol–water partition coefficient (Wildman–Crippen LogP) is 3.65. The molecule has 0 unspecified atom stereocenters. The molecule has 2 heterocycles. The fraction of sp³-hybridized carbons (Fsp3) is 0.409. The van der Waals surface area contributed by atoms with E-state index < -0.39 is 23.7 Å². The number of methoxy groups -OCH3 is 1. The molecule has 166 valence electrons. The summed E-state index contributed by atoms with van der Waals surface area (Å²) in [5.74, 6) is 0.0899. The maximum Gasteiger partial charge on any atom is 0.416 e. The van der Waals surface area contributed by atoms with Gasteiger partial charge in [-0.2, -0.15) is 13.2 Å². The Morgan fingerprint density at radius 2 is 1.97 bits per heavy atom. The summed E-state index contributed by atoms with van der Waals surface area (Å²) in [5.41, 5.74) is 0.0479. The highest BCUT2D eigenvalue weighted by Crippen LogP contribution is 2.37. The van der Waals surface area contributed by atoms with Crippen LogP contribution in [0, 0.1) is 0 Å². The molecule has 1 saturated heterocycles. The second-order valence-electron chi connectivity index (χ2n) is 7.44. The third kappa shape index (κ3) is 5.53. The van der Waals surface area contributed by atoms with E-state index in [0.29, 0.717) is 25.1 Å². The third-order valence-electron chi connectivity index (χ3n) is 5.27. The SMILES string of the molecule is COc1ccc(CC(=O)N2CCC[C@H]2c2cc(C(F)(F)F)c(CNC(C)=O)cn2)cc1. The van der Waals surface area contributed by atoms with Crippen molar-refractivity contribution < 1.29 is 27.5 Å². The zero-order valence-electron chi connectivity index (χ0n) is 17.3. The number of halogens is 3. The molecule has 1 fully saturated rings. The molecule has 3 rings (SSSR count). The molecule has 1 atom stereocenters. The number of hydrogen-bond donors (Lipinski definition) is 1. The second-order valence-corrected chi connectivity index (χ2v) is 7.44. The van der Waals surface area contributed by atoms with Gasteiger partial charge in [0.05, 0.1) is 30.8 Å². The highest BCUT2D eigenvalue weighted by Gasteiger charge is 2.37. The van der Waals surface area contributed by atoms with E-state index in [4.69, 9.17) is 4.74 Å². The molecule has 1 aliphatic heterocycles. The molecular weight excluding hydrogens is 411 g/mol. The lowest BCUT2D eigenvalue weighted by Crippen LogP contribution is -2.32. The van der Waals surface area contributed by atoms with Crippen molar-refractivity contribution in [1.82, 2.24) is 15.2 Å². The summed E-state index contributed by atoms with van der Waals surface area (Å²) in [7, 11) is 1.55. The monoisotopic (exact) mass is 435 g/mol. The number of amides is 2. The number of ether oxygens (including phenoxy) is 1. The van der Waals surface area contributed by atoms with Crippen LogP contribution in [-0.4, -0.2) is 35.4 Å². The van der Waals surface area contributed by atoms with Crippen molar-refractivity contribution in [3.63, 3.8) is 0 Å². The van der Waals surface area contributed by atoms with Gasteiger partial charge in [-0.25, -0.2) is 0 Å². The third-order valence-corrected chi connectivity index (χ3v) is 5.27. The minimum absolute atomic E-state index is 0.111. The number of hydrogen-bond acceptors (Lipinski definition) is 4. The number of likely N-dealkylation sites (tertiary alicyclic amines) is 1. The van der Waals surface area contributed by atoms with Crippen molar-refractivity contribution in [3.05, 3.63) is 58.9 Å². The summed E-state index contributed by atoms with van der Waals surface area (Å²) in [6.45, 7) is 1.44. The number of aromatic nitrogens is 1. The first-order chi connectivity index (χ1) is 14.7. The molecule has 0 aliphatic carbocycles. The van der Waals surface area contributed by atoms with Crippen LogP contribution in [0.2, 0.25) is 0 Å². The average molecular weight is 435 g/mol. The first-order valence-corrected chi connectivity index (χ1v) is 9.92. The molecule has 9 heteroatoms. The van der Waals surface area contributed by atoms with Gasteiger partial charge in [-0.15, -0.1) is 0 Å². The van der Waals surface area contributed by atoms with Crippen molar-refractivity contribution in [3.8, 4) is 5.75 Å². The zero-order chi connectivity index (χ0) is 22.6. The number of nitrogens with one attached hydrogen (secondary N) is 1. The summed E-state index contributed by atoms with van der Waals surface area (Å²) in [5, 5.41) is 2.37. The normalized spacial score (nSPS) is 16.3. The second kappa shape index (κ2) is 9.36. The van der Waals surface area contributed by atoms with Crippen LogP contribution in [0.1, 0.15) is 48.2 Å². The number of benzene rings is 1. The summed E-state index contributed by atoms with van der Waals surface area (Å²) in [6, 6.07) is 7.59. The Morgan fingerprint density at radius 1 is 1.26 bits per heavy atom. The molecule has 1 aromatic carbocycles. The molecule has 31 heavy (non-hydrogen) atoms. The van der Waals surface area contributed by atoms with Gasteiger partial charge in [0.25, 0.3) is 0 Å². The van der Waals surface area contributed by atoms with E-state index in [1.807, 2.05) is 0 Å². The molecule has 0 radical (unpaired) electrons. The standard InChI is InChI=1S/C22H24F3N3O3/c1-14(29)26-12-16-13-27-19(11-18(16)22(23,24)25)20-4-3-9-28(20)21(30)10-15-5-7-17(31-2)8-6-15/h5-8,11,13,20H,3-4,9-10,12H2,1-2H3,(H,26,29)/t20-/m0/s1. The van der Waals surface area contributed by atoms with E-state index in [9.17, 15) is 22.8 Å². The molecule has 0 spiro atoms. The smallest absolute Gasteiger partial charge is 0.416 e. The Hall–Kier alpha value is -3.10. The van der Waals surface area contributed by atoms with Crippen molar-refractivity contribution in [2.75, 3.05) is 13.7 Å². The van der Waals surface area contributed by atoms with Crippen LogP contribution in [0.15, 0.2) is 36.5 Å². The number of alkyl halides is 3. The van der Waals surface area contributed by atoms with E-state index in [-0.39, 0.29) is 30.1 Å². The molecule has 0 saturated carbocycles. The van der Waals surface area contributed by atoms with E-state index in [1.165, 1.54) is 6.92 Å². The minimum atomic E-state index is -4.60. The number of carbonyl (C=O) groups is 2. The minimum Gasteiger partial charge on any atom is -0.497 e. The fourth-order valence-electron chi connectivity index (χ4n) is 3.70. The van der Waals surface area contributed by atoms with Crippen LogP contribution in [0.25, 0.3) is 0 Å². The molecular formula is C22H24F3N3O3. The summed E-state index contributed by atoms with van der Waals surface area (Å²) < 4.78 is 45.9. The van der Waals surface area contributed by atoms with Crippen LogP contribution < -0.4 is 10.1 Å². The van der Waals surface area contributed by atoms with Gasteiger partial charge < -0.3 is 15.0 Å². The van der Waals surface area contributed by atoms with E-state index >= 15 is 0 Å². The van der Waals surface area contributed by atoms with Crippen LogP contribution in [0.3, 0.4) is 0 Å². The van der Waals surface area contributed by atoms with Crippen molar-refractivity contribution in [1.29, 1.82) is 0 Å².